The Morgan fingerprint density at radius 2 is 1.52 bits per heavy atom. The molecule has 0 bridgehead atoms. The number of hydrogen-bond acceptors (Lipinski definition) is 4. The van der Waals surface area contributed by atoms with Crippen LogP contribution in [-0.4, -0.2) is 67.4 Å². The first-order chi connectivity index (χ1) is 12.8. The molecule has 27 heavy (non-hydrogen) atoms. The maximum atomic E-state index is 12.5. The van der Waals surface area contributed by atoms with Gasteiger partial charge in [0.25, 0.3) is 0 Å². The SMILES string of the molecule is CCCNC(=O)CN1CCN(CC(=O)Nc2ccccc2C(C)(C)C)CC1. The molecule has 6 heteroatoms. The number of carbonyl (C=O) groups is 2. The van der Waals surface area contributed by atoms with Crippen molar-refractivity contribution < 1.29 is 9.59 Å². The summed E-state index contributed by atoms with van der Waals surface area (Å²) in [6.45, 7) is 13.3. The Morgan fingerprint density at radius 1 is 0.963 bits per heavy atom. The topological polar surface area (TPSA) is 64.7 Å². The van der Waals surface area contributed by atoms with Crippen molar-refractivity contribution >= 4 is 17.5 Å². The minimum Gasteiger partial charge on any atom is -0.355 e. The number of para-hydroxylation sites is 1. The van der Waals surface area contributed by atoms with E-state index in [1.165, 1.54) is 0 Å². The summed E-state index contributed by atoms with van der Waals surface area (Å²) in [5, 5.41) is 5.98. The van der Waals surface area contributed by atoms with Crippen molar-refractivity contribution in [2.24, 2.45) is 0 Å². The molecule has 2 amide bonds. The number of nitrogens with one attached hydrogen (secondary N) is 2. The Bertz CT molecular complexity index is 631. The van der Waals surface area contributed by atoms with Gasteiger partial charge in [0.1, 0.15) is 0 Å². The summed E-state index contributed by atoms with van der Waals surface area (Å²) in [4.78, 5) is 28.6. The van der Waals surface area contributed by atoms with Crippen molar-refractivity contribution in [2.75, 3.05) is 51.1 Å². The van der Waals surface area contributed by atoms with Crippen LogP contribution < -0.4 is 10.6 Å². The highest BCUT2D eigenvalue weighted by molar-refractivity contribution is 5.93. The first-order valence-electron chi connectivity index (χ1n) is 9.90. The fourth-order valence-electron chi connectivity index (χ4n) is 3.27. The number of piperazine rings is 1. The van der Waals surface area contributed by atoms with E-state index >= 15 is 0 Å². The Hall–Kier alpha value is -1.92. The van der Waals surface area contributed by atoms with Gasteiger partial charge in [-0.15, -0.1) is 0 Å². The largest absolute Gasteiger partial charge is 0.355 e. The third kappa shape index (κ3) is 6.96. The number of nitrogens with zero attached hydrogens (tertiary/aromatic N) is 2. The molecule has 0 saturated carbocycles. The van der Waals surface area contributed by atoms with Gasteiger partial charge in [-0.2, -0.15) is 0 Å². The quantitative estimate of drug-likeness (QED) is 0.767. The van der Waals surface area contributed by atoms with Crippen LogP contribution in [-0.2, 0) is 15.0 Å². The van der Waals surface area contributed by atoms with Gasteiger partial charge in [0.15, 0.2) is 0 Å². The molecule has 0 unspecified atom stereocenters. The van der Waals surface area contributed by atoms with Gasteiger partial charge in [0, 0.05) is 38.4 Å². The van der Waals surface area contributed by atoms with E-state index in [2.05, 4.69) is 47.3 Å². The fraction of sp³-hybridized carbons (Fsp3) is 0.619. The Labute approximate surface area is 163 Å². The minimum absolute atomic E-state index is 0.0147. The predicted molar refractivity (Wildman–Crippen MR) is 110 cm³/mol. The number of benzene rings is 1. The smallest absolute Gasteiger partial charge is 0.238 e. The Kier molecular flexibility index (Phi) is 7.80. The second-order valence-corrected chi connectivity index (χ2v) is 8.25. The van der Waals surface area contributed by atoms with Crippen molar-refractivity contribution in [2.45, 2.75) is 39.5 Å². The first-order valence-corrected chi connectivity index (χ1v) is 9.90. The normalized spacial score (nSPS) is 16.1. The number of anilines is 1. The number of carbonyl (C=O) groups excluding carboxylic acids is 2. The summed E-state index contributed by atoms with van der Waals surface area (Å²) in [6, 6.07) is 7.99. The van der Waals surface area contributed by atoms with E-state index in [1.807, 2.05) is 25.1 Å². The van der Waals surface area contributed by atoms with Gasteiger partial charge in [-0.05, 0) is 23.5 Å². The lowest BCUT2D eigenvalue weighted by Gasteiger charge is -2.34. The van der Waals surface area contributed by atoms with Crippen molar-refractivity contribution in [3.8, 4) is 0 Å². The monoisotopic (exact) mass is 374 g/mol. The van der Waals surface area contributed by atoms with Crippen LogP contribution in [0.25, 0.3) is 0 Å². The molecule has 0 spiro atoms. The van der Waals surface area contributed by atoms with Gasteiger partial charge in [-0.1, -0.05) is 45.9 Å². The van der Waals surface area contributed by atoms with Crippen LogP contribution >= 0.6 is 0 Å². The Balaban J connectivity index is 1.79. The zero-order valence-electron chi connectivity index (χ0n) is 17.2. The molecule has 0 aliphatic carbocycles. The molecule has 2 N–H and O–H groups in total. The molecule has 1 aliphatic heterocycles. The van der Waals surface area contributed by atoms with Crippen LogP contribution in [0.2, 0.25) is 0 Å². The molecule has 1 saturated heterocycles. The van der Waals surface area contributed by atoms with Crippen LogP contribution in [0.5, 0.6) is 0 Å². The van der Waals surface area contributed by atoms with Gasteiger partial charge < -0.3 is 10.6 Å². The first kappa shape index (κ1) is 21.4. The second-order valence-electron chi connectivity index (χ2n) is 8.25. The van der Waals surface area contributed by atoms with Crippen molar-refractivity contribution in [3.05, 3.63) is 29.8 Å². The van der Waals surface area contributed by atoms with Crippen molar-refractivity contribution in [1.29, 1.82) is 0 Å². The molecule has 1 aliphatic rings. The lowest BCUT2D eigenvalue weighted by Crippen LogP contribution is -2.51. The van der Waals surface area contributed by atoms with Gasteiger partial charge in [-0.25, -0.2) is 0 Å². The van der Waals surface area contributed by atoms with Crippen LogP contribution in [0, 0.1) is 0 Å². The van der Waals surface area contributed by atoms with E-state index in [4.69, 9.17) is 0 Å². The molecule has 1 aromatic rings. The fourth-order valence-corrected chi connectivity index (χ4v) is 3.27. The summed E-state index contributed by atoms with van der Waals surface area (Å²) >= 11 is 0. The Morgan fingerprint density at radius 3 is 2.07 bits per heavy atom. The third-order valence-electron chi connectivity index (χ3n) is 4.78. The van der Waals surface area contributed by atoms with Crippen LogP contribution in [0.15, 0.2) is 24.3 Å². The number of amides is 2. The van der Waals surface area contributed by atoms with Crippen LogP contribution in [0.1, 0.15) is 39.7 Å². The van der Waals surface area contributed by atoms with Crippen LogP contribution in [0.3, 0.4) is 0 Å². The molecule has 0 atom stereocenters. The molecule has 1 heterocycles. The molecule has 1 fully saturated rings. The highest BCUT2D eigenvalue weighted by Gasteiger charge is 2.22. The van der Waals surface area contributed by atoms with Gasteiger partial charge in [0.2, 0.25) is 11.8 Å². The highest BCUT2D eigenvalue weighted by atomic mass is 16.2. The van der Waals surface area contributed by atoms with Gasteiger partial charge >= 0.3 is 0 Å². The molecule has 0 aromatic heterocycles. The molecule has 0 radical (unpaired) electrons. The minimum atomic E-state index is -0.0200. The van der Waals surface area contributed by atoms with Crippen molar-refractivity contribution in [3.63, 3.8) is 0 Å². The second kappa shape index (κ2) is 9.85. The lowest BCUT2D eigenvalue weighted by atomic mass is 9.86. The molecular weight excluding hydrogens is 340 g/mol. The molecular formula is C21H34N4O2. The zero-order valence-corrected chi connectivity index (χ0v) is 17.2. The summed E-state index contributed by atoms with van der Waals surface area (Å²) < 4.78 is 0. The molecule has 2 rings (SSSR count). The van der Waals surface area contributed by atoms with Crippen LogP contribution in [0.4, 0.5) is 5.69 Å². The van der Waals surface area contributed by atoms with E-state index in [0.29, 0.717) is 13.1 Å². The van der Waals surface area contributed by atoms with E-state index < -0.39 is 0 Å². The molecule has 150 valence electrons. The summed E-state index contributed by atoms with van der Waals surface area (Å²) in [5.41, 5.74) is 2.01. The van der Waals surface area contributed by atoms with Gasteiger partial charge in [0.05, 0.1) is 13.1 Å². The van der Waals surface area contributed by atoms with Crippen molar-refractivity contribution in [1.82, 2.24) is 15.1 Å². The standard InChI is InChI=1S/C21H34N4O2/c1-5-10-22-19(26)15-24-11-13-25(14-12-24)16-20(27)23-18-9-7-6-8-17(18)21(2,3)4/h6-9H,5,10-16H2,1-4H3,(H,22,26)(H,23,27). The summed E-state index contributed by atoms with van der Waals surface area (Å²) in [5.74, 6) is 0.0997. The number of rotatable bonds is 7. The zero-order chi connectivity index (χ0) is 19.9. The van der Waals surface area contributed by atoms with E-state index in [-0.39, 0.29) is 17.2 Å². The average Bonchev–Trinajstić information content (AvgIpc) is 2.61. The summed E-state index contributed by atoms with van der Waals surface area (Å²) in [7, 11) is 0. The maximum absolute atomic E-state index is 12.5. The van der Waals surface area contributed by atoms with E-state index in [9.17, 15) is 9.59 Å². The van der Waals surface area contributed by atoms with Gasteiger partial charge in [-0.3, -0.25) is 19.4 Å². The van der Waals surface area contributed by atoms with E-state index in [1.54, 1.807) is 0 Å². The molecule has 6 nitrogen and oxygen atoms in total. The average molecular weight is 375 g/mol. The summed E-state index contributed by atoms with van der Waals surface area (Å²) in [6.07, 6.45) is 0.951. The predicted octanol–water partition coefficient (Wildman–Crippen LogP) is 2.07. The molecule has 1 aromatic carbocycles. The maximum Gasteiger partial charge on any atom is 0.238 e. The number of hydrogen-bond donors (Lipinski definition) is 2. The highest BCUT2D eigenvalue weighted by Crippen LogP contribution is 2.29. The van der Waals surface area contributed by atoms with E-state index in [0.717, 1.165) is 50.4 Å². The lowest BCUT2D eigenvalue weighted by molar-refractivity contribution is -0.123. The third-order valence-corrected chi connectivity index (χ3v) is 4.78.